The predicted octanol–water partition coefficient (Wildman–Crippen LogP) is 2.44. The molecule has 0 N–H and O–H groups in total. The maximum absolute atomic E-state index is 13.1. The third kappa shape index (κ3) is 1.53. The van der Waals surface area contributed by atoms with Crippen LogP contribution in [0, 0.1) is 5.82 Å². The minimum absolute atomic E-state index is 0.155. The van der Waals surface area contributed by atoms with Crippen LogP contribution >= 0.6 is 11.3 Å². The molecular weight excluding hydrogens is 223 g/mol. The van der Waals surface area contributed by atoms with Gasteiger partial charge in [-0.25, -0.2) is 12.8 Å². The monoisotopic (exact) mass is 230 g/mol. The fourth-order valence-electron chi connectivity index (χ4n) is 1.21. The van der Waals surface area contributed by atoms with E-state index in [2.05, 4.69) is 0 Å². The lowest BCUT2D eigenvalue weighted by molar-refractivity contribution is 0.602. The third-order valence-corrected chi connectivity index (χ3v) is 3.97. The van der Waals surface area contributed by atoms with Gasteiger partial charge >= 0.3 is 0 Å². The average molecular weight is 230 g/mol. The number of fused-ring (bicyclic) bond motifs is 1. The normalized spacial score (nSPS) is 12.1. The second-order valence-corrected chi connectivity index (χ2v) is 5.94. The summed E-state index contributed by atoms with van der Waals surface area (Å²) in [5, 5.41) is 1.74. The molecule has 0 atom stereocenters. The molecule has 5 heteroatoms. The molecule has 0 amide bonds. The van der Waals surface area contributed by atoms with E-state index in [1.807, 2.05) is 0 Å². The van der Waals surface area contributed by atoms with Crippen LogP contribution in [0.5, 0.6) is 0 Å². The van der Waals surface area contributed by atoms with Crippen LogP contribution in [0.4, 0.5) is 4.39 Å². The van der Waals surface area contributed by atoms with Gasteiger partial charge in [0, 0.05) is 21.7 Å². The highest BCUT2D eigenvalue weighted by atomic mass is 32.2. The van der Waals surface area contributed by atoms with Crippen molar-refractivity contribution >= 4 is 31.3 Å². The van der Waals surface area contributed by atoms with E-state index in [-0.39, 0.29) is 10.7 Å². The highest BCUT2D eigenvalue weighted by molar-refractivity contribution is 7.90. The summed E-state index contributed by atoms with van der Waals surface area (Å²) in [5.74, 6) is -0.365. The van der Waals surface area contributed by atoms with Crippen LogP contribution in [0.1, 0.15) is 0 Å². The first-order chi connectivity index (χ1) is 6.48. The predicted molar refractivity (Wildman–Crippen MR) is 54.9 cm³/mol. The van der Waals surface area contributed by atoms with Gasteiger partial charge in [0.15, 0.2) is 9.84 Å². The zero-order valence-corrected chi connectivity index (χ0v) is 8.95. The molecule has 74 valence electrons. The van der Waals surface area contributed by atoms with Gasteiger partial charge < -0.3 is 0 Å². The third-order valence-electron chi connectivity index (χ3n) is 1.93. The summed E-state index contributed by atoms with van der Waals surface area (Å²) in [5.41, 5.74) is 0. The number of rotatable bonds is 1. The van der Waals surface area contributed by atoms with Gasteiger partial charge in [-0.1, -0.05) is 0 Å². The van der Waals surface area contributed by atoms with Crippen LogP contribution in [0.25, 0.3) is 10.1 Å². The largest absolute Gasteiger partial charge is 0.224 e. The van der Waals surface area contributed by atoms with E-state index in [9.17, 15) is 12.8 Å². The molecule has 0 aliphatic carbocycles. The Kier molecular flexibility index (Phi) is 2.08. The van der Waals surface area contributed by atoms with Crippen molar-refractivity contribution in [3.05, 3.63) is 29.4 Å². The minimum atomic E-state index is -3.25. The quantitative estimate of drug-likeness (QED) is 0.754. The van der Waals surface area contributed by atoms with Crippen molar-refractivity contribution in [3.8, 4) is 0 Å². The molecule has 1 aromatic carbocycles. The van der Waals surface area contributed by atoms with Crippen molar-refractivity contribution in [3.63, 3.8) is 0 Å². The Labute approximate surface area is 84.9 Å². The summed E-state index contributed by atoms with van der Waals surface area (Å²) in [7, 11) is -3.25. The van der Waals surface area contributed by atoms with Gasteiger partial charge in [0.05, 0.1) is 4.90 Å². The van der Waals surface area contributed by atoms with Crippen LogP contribution in [0.2, 0.25) is 0 Å². The fraction of sp³-hybridized carbons (Fsp3) is 0.111. The Morgan fingerprint density at radius 3 is 2.71 bits per heavy atom. The number of thiophene rings is 1. The summed E-state index contributed by atoms with van der Waals surface area (Å²) in [6, 6.07) is 4.49. The molecule has 0 spiro atoms. The standard InChI is InChI=1S/C9H7FO2S2/c1-14(11,12)6-2-3-9-7(4-6)8(10)5-13-9/h2-5H,1H3. The van der Waals surface area contributed by atoms with Crippen LogP contribution in [0.3, 0.4) is 0 Å². The second-order valence-electron chi connectivity index (χ2n) is 3.01. The number of hydrogen-bond acceptors (Lipinski definition) is 3. The lowest BCUT2D eigenvalue weighted by Gasteiger charge is -1.97. The first-order valence-corrected chi connectivity index (χ1v) is 6.62. The Hall–Kier alpha value is -0.940. The first-order valence-electron chi connectivity index (χ1n) is 3.85. The molecular formula is C9H7FO2S2. The molecule has 0 saturated carbocycles. The molecule has 2 aromatic rings. The highest BCUT2D eigenvalue weighted by Crippen LogP contribution is 2.26. The van der Waals surface area contributed by atoms with E-state index >= 15 is 0 Å². The Bertz CT molecular complexity index is 584. The number of halogens is 1. The molecule has 0 aliphatic rings. The molecule has 0 radical (unpaired) electrons. The number of sulfone groups is 1. The first kappa shape index (κ1) is 9.61. The van der Waals surface area contributed by atoms with Crippen LogP contribution < -0.4 is 0 Å². The van der Waals surface area contributed by atoms with Crippen molar-refractivity contribution in [2.24, 2.45) is 0 Å². The molecule has 0 aliphatic heterocycles. The van der Waals surface area contributed by atoms with Gasteiger partial charge in [0.2, 0.25) is 0 Å². The van der Waals surface area contributed by atoms with Gasteiger partial charge in [0.25, 0.3) is 0 Å². The lowest BCUT2D eigenvalue weighted by atomic mass is 10.2. The molecule has 1 aromatic heterocycles. The zero-order chi connectivity index (χ0) is 10.3. The van der Waals surface area contributed by atoms with Gasteiger partial charge in [-0.05, 0) is 18.2 Å². The summed E-state index contributed by atoms with van der Waals surface area (Å²) in [6.45, 7) is 0. The van der Waals surface area contributed by atoms with E-state index < -0.39 is 9.84 Å². The van der Waals surface area contributed by atoms with E-state index in [4.69, 9.17) is 0 Å². The number of benzene rings is 1. The molecule has 2 rings (SSSR count). The SMILES string of the molecule is CS(=O)(=O)c1ccc2scc(F)c2c1. The van der Waals surface area contributed by atoms with Crippen molar-refractivity contribution < 1.29 is 12.8 Å². The Morgan fingerprint density at radius 2 is 2.07 bits per heavy atom. The van der Waals surface area contributed by atoms with Crippen LogP contribution in [-0.4, -0.2) is 14.7 Å². The molecule has 0 fully saturated rings. The van der Waals surface area contributed by atoms with E-state index in [0.29, 0.717) is 5.39 Å². The second kappa shape index (κ2) is 3.03. The maximum atomic E-state index is 13.1. The van der Waals surface area contributed by atoms with Crippen molar-refractivity contribution in [1.29, 1.82) is 0 Å². The molecule has 2 nitrogen and oxygen atoms in total. The Balaban J connectivity index is 2.79. The van der Waals surface area contributed by atoms with Gasteiger partial charge in [0.1, 0.15) is 5.82 Å². The van der Waals surface area contributed by atoms with Crippen molar-refractivity contribution in [1.82, 2.24) is 0 Å². The highest BCUT2D eigenvalue weighted by Gasteiger charge is 2.10. The molecule has 0 saturated heterocycles. The fourth-order valence-corrected chi connectivity index (χ4v) is 2.64. The van der Waals surface area contributed by atoms with Crippen molar-refractivity contribution in [2.75, 3.05) is 6.26 Å². The lowest BCUT2D eigenvalue weighted by Crippen LogP contribution is -1.95. The van der Waals surface area contributed by atoms with Gasteiger partial charge in [-0.3, -0.25) is 0 Å². The summed E-state index contributed by atoms with van der Waals surface area (Å²) in [4.78, 5) is 0.155. The van der Waals surface area contributed by atoms with Crippen LogP contribution in [-0.2, 0) is 9.84 Å². The summed E-state index contributed by atoms with van der Waals surface area (Å²) in [6.07, 6.45) is 1.11. The molecule has 0 bridgehead atoms. The van der Waals surface area contributed by atoms with Crippen LogP contribution in [0.15, 0.2) is 28.5 Å². The van der Waals surface area contributed by atoms with Gasteiger partial charge in [-0.15, -0.1) is 11.3 Å². The zero-order valence-electron chi connectivity index (χ0n) is 7.32. The van der Waals surface area contributed by atoms with Gasteiger partial charge in [-0.2, -0.15) is 0 Å². The molecule has 14 heavy (non-hydrogen) atoms. The van der Waals surface area contributed by atoms with E-state index in [1.165, 1.54) is 28.8 Å². The smallest absolute Gasteiger partial charge is 0.175 e. The minimum Gasteiger partial charge on any atom is -0.224 e. The molecule has 0 unspecified atom stereocenters. The number of hydrogen-bond donors (Lipinski definition) is 0. The van der Waals surface area contributed by atoms with Crippen molar-refractivity contribution in [2.45, 2.75) is 4.90 Å². The molecule has 1 heterocycles. The average Bonchev–Trinajstić information content (AvgIpc) is 2.46. The maximum Gasteiger partial charge on any atom is 0.175 e. The van der Waals surface area contributed by atoms with E-state index in [1.54, 1.807) is 6.07 Å². The van der Waals surface area contributed by atoms with E-state index in [0.717, 1.165) is 11.0 Å². The summed E-state index contributed by atoms with van der Waals surface area (Å²) >= 11 is 1.26. The summed E-state index contributed by atoms with van der Waals surface area (Å²) < 4.78 is 36.3. The topological polar surface area (TPSA) is 34.1 Å². The Morgan fingerprint density at radius 1 is 1.36 bits per heavy atom.